The number of hydrogen-bond acceptors (Lipinski definition) is 2. The van der Waals surface area contributed by atoms with Crippen molar-refractivity contribution in [3.8, 4) is 0 Å². The Morgan fingerprint density at radius 3 is 2.22 bits per heavy atom. The van der Waals surface area contributed by atoms with Crippen LogP contribution in [0.3, 0.4) is 0 Å². The van der Waals surface area contributed by atoms with Crippen LogP contribution in [-0.4, -0.2) is 33.9 Å². The summed E-state index contributed by atoms with van der Waals surface area (Å²) >= 11 is 6.25. The summed E-state index contributed by atoms with van der Waals surface area (Å²) in [6.45, 7) is 10.2. The van der Waals surface area contributed by atoms with E-state index in [9.17, 15) is 0 Å². The average Bonchev–Trinajstić information content (AvgIpc) is 2.16. The molecule has 0 bridgehead atoms. The van der Waals surface area contributed by atoms with Crippen LogP contribution in [0.5, 0.6) is 0 Å². The Hall–Kier alpha value is -0.136. The number of rotatable bonds is 2. The number of benzene rings is 1. The molecule has 1 fully saturated rings. The van der Waals surface area contributed by atoms with E-state index in [0.717, 1.165) is 23.9 Å². The molecule has 1 aromatic carbocycles. The van der Waals surface area contributed by atoms with Crippen molar-refractivity contribution in [2.75, 3.05) is 12.3 Å². The summed E-state index contributed by atoms with van der Waals surface area (Å²) < 4.78 is 6.36. The average molecular weight is 300 g/mol. The summed E-state index contributed by atoms with van der Waals surface area (Å²) in [4.78, 5) is 2.54. The third kappa shape index (κ3) is 3.68. The quantitative estimate of drug-likeness (QED) is 0.773. The first kappa shape index (κ1) is 14.3. The molecule has 0 radical (unpaired) electrons. The van der Waals surface area contributed by atoms with E-state index in [-0.39, 0.29) is 0 Å². The van der Waals surface area contributed by atoms with Gasteiger partial charge in [0.2, 0.25) is 0 Å². The molecule has 0 N–H and O–H groups in total. The number of halogens is 1. The fourth-order valence-corrected chi connectivity index (χ4v) is 12.4. The van der Waals surface area contributed by atoms with Gasteiger partial charge in [0.15, 0.2) is 16.6 Å². The van der Waals surface area contributed by atoms with Crippen LogP contribution < -0.4 is 0 Å². The molecule has 18 heavy (non-hydrogen) atoms. The van der Waals surface area contributed by atoms with E-state index in [0.29, 0.717) is 0 Å². The number of hydrogen-bond donors (Lipinski definition) is 0. The van der Waals surface area contributed by atoms with Crippen LogP contribution in [0.25, 0.3) is 0 Å². The second kappa shape index (κ2) is 5.09. The molecule has 0 unspecified atom stereocenters. The van der Waals surface area contributed by atoms with Gasteiger partial charge in [0.25, 0.3) is 0 Å². The Bertz CT molecular complexity index is 421. The van der Waals surface area contributed by atoms with Gasteiger partial charge in [-0.05, 0) is 37.8 Å². The first-order valence-corrected chi connectivity index (χ1v) is 13.0. The van der Waals surface area contributed by atoms with Gasteiger partial charge in [0.05, 0.1) is 0 Å². The van der Waals surface area contributed by atoms with E-state index in [2.05, 4.69) is 43.2 Å². The van der Waals surface area contributed by atoms with Crippen molar-refractivity contribution in [1.82, 2.24) is 4.90 Å². The standard InChI is InChI=1S/C13H22ClNOSi2/c1-17(2)10-15(11-18(3,4)16-17)9-12-7-5-6-8-13(12)14/h5-8H,9-11H2,1-4H3. The maximum atomic E-state index is 6.36. The summed E-state index contributed by atoms with van der Waals surface area (Å²) in [6, 6.07) is 8.15. The summed E-state index contributed by atoms with van der Waals surface area (Å²) in [5, 5.41) is 0.878. The summed E-state index contributed by atoms with van der Waals surface area (Å²) in [7, 11) is -3.03. The van der Waals surface area contributed by atoms with E-state index in [1.54, 1.807) is 0 Å². The predicted molar refractivity (Wildman–Crippen MR) is 82.8 cm³/mol. The Labute approximate surface area is 117 Å². The van der Waals surface area contributed by atoms with Gasteiger partial charge in [-0.3, -0.25) is 4.90 Å². The maximum absolute atomic E-state index is 6.36. The summed E-state index contributed by atoms with van der Waals surface area (Å²) in [6.07, 6.45) is 2.21. The Kier molecular flexibility index (Phi) is 4.04. The molecular weight excluding hydrogens is 278 g/mol. The van der Waals surface area contributed by atoms with Crippen molar-refractivity contribution in [1.29, 1.82) is 0 Å². The van der Waals surface area contributed by atoms with Gasteiger partial charge in [0.1, 0.15) is 0 Å². The van der Waals surface area contributed by atoms with Crippen molar-refractivity contribution < 1.29 is 4.12 Å². The normalized spacial score (nSPS) is 22.9. The van der Waals surface area contributed by atoms with Gasteiger partial charge in [0, 0.05) is 23.9 Å². The van der Waals surface area contributed by atoms with Gasteiger partial charge in [-0.2, -0.15) is 0 Å². The smallest absolute Gasteiger partial charge is 0.187 e. The highest BCUT2D eigenvalue weighted by Crippen LogP contribution is 2.25. The molecule has 2 rings (SSSR count). The molecule has 1 heterocycles. The second-order valence-corrected chi connectivity index (χ2v) is 15.3. The molecule has 1 saturated heterocycles. The third-order valence-electron chi connectivity index (χ3n) is 3.11. The zero-order chi connectivity index (χ0) is 13.4. The fraction of sp³-hybridized carbons (Fsp3) is 0.538. The minimum Gasteiger partial charge on any atom is -0.454 e. The van der Waals surface area contributed by atoms with Gasteiger partial charge in [-0.15, -0.1) is 0 Å². The molecule has 1 aliphatic heterocycles. The SMILES string of the molecule is C[Si]1(C)CN(Cc2ccccc2Cl)C[Si](C)(C)O1. The highest BCUT2D eigenvalue weighted by Gasteiger charge is 2.41. The van der Waals surface area contributed by atoms with Crippen molar-refractivity contribution in [2.45, 2.75) is 32.7 Å². The van der Waals surface area contributed by atoms with E-state index in [4.69, 9.17) is 15.7 Å². The van der Waals surface area contributed by atoms with Crippen molar-refractivity contribution in [2.24, 2.45) is 0 Å². The van der Waals surface area contributed by atoms with Crippen LogP contribution in [0.2, 0.25) is 31.2 Å². The topological polar surface area (TPSA) is 12.5 Å². The van der Waals surface area contributed by atoms with Crippen molar-refractivity contribution in [3.63, 3.8) is 0 Å². The van der Waals surface area contributed by atoms with Gasteiger partial charge < -0.3 is 4.12 Å². The Balaban J connectivity index is 2.12. The van der Waals surface area contributed by atoms with Crippen LogP contribution in [0.1, 0.15) is 5.56 Å². The Morgan fingerprint density at radius 2 is 1.67 bits per heavy atom. The lowest BCUT2D eigenvalue weighted by atomic mass is 10.2. The molecule has 1 aromatic rings. The zero-order valence-corrected chi connectivity index (χ0v) is 14.4. The second-order valence-electron chi connectivity index (χ2n) is 6.36. The molecule has 1 aliphatic rings. The lowest BCUT2D eigenvalue weighted by Crippen LogP contribution is -2.62. The van der Waals surface area contributed by atoms with Gasteiger partial charge >= 0.3 is 0 Å². The van der Waals surface area contributed by atoms with E-state index >= 15 is 0 Å². The lowest BCUT2D eigenvalue weighted by molar-refractivity contribution is 0.291. The summed E-state index contributed by atoms with van der Waals surface area (Å²) in [5.41, 5.74) is 1.23. The van der Waals surface area contributed by atoms with Crippen LogP contribution in [0, 0.1) is 0 Å². The minimum atomic E-state index is -1.52. The first-order valence-electron chi connectivity index (χ1n) is 6.43. The molecule has 0 saturated carbocycles. The molecule has 0 atom stereocenters. The van der Waals surface area contributed by atoms with E-state index < -0.39 is 16.6 Å². The van der Waals surface area contributed by atoms with Crippen molar-refractivity contribution in [3.05, 3.63) is 34.9 Å². The van der Waals surface area contributed by atoms with Gasteiger partial charge in [-0.1, -0.05) is 29.8 Å². The highest BCUT2D eigenvalue weighted by atomic mass is 35.5. The monoisotopic (exact) mass is 299 g/mol. The molecule has 0 amide bonds. The molecule has 5 heteroatoms. The van der Waals surface area contributed by atoms with Crippen LogP contribution in [-0.2, 0) is 10.7 Å². The van der Waals surface area contributed by atoms with Crippen LogP contribution in [0.15, 0.2) is 24.3 Å². The van der Waals surface area contributed by atoms with E-state index in [1.807, 2.05) is 12.1 Å². The van der Waals surface area contributed by atoms with Crippen molar-refractivity contribution >= 4 is 28.2 Å². The first-order chi connectivity index (χ1) is 8.27. The molecule has 0 spiro atoms. The molecule has 100 valence electrons. The van der Waals surface area contributed by atoms with Crippen LogP contribution >= 0.6 is 11.6 Å². The number of nitrogens with zero attached hydrogens (tertiary/aromatic N) is 1. The maximum Gasteiger partial charge on any atom is 0.187 e. The highest BCUT2D eigenvalue weighted by molar-refractivity contribution is 6.86. The van der Waals surface area contributed by atoms with E-state index in [1.165, 1.54) is 5.56 Å². The van der Waals surface area contributed by atoms with Gasteiger partial charge in [-0.25, -0.2) is 0 Å². The molecule has 2 nitrogen and oxygen atoms in total. The molecular formula is C13H22ClNOSi2. The fourth-order valence-electron chi connectivity index (χ4n) is 2.92. The predicted octanol–water partition coefficient (Wildman–Crippen LogP) is 3.66. The lowest BCUT2D eigenvalue weighted by Gasteiger charge is -2.45. The largest absolute Gasteiger partial charge is 0.454 e. The zero-order valence-electron chi connectivity index (χ0n) is 11.7. The minimum absolute atomic E-state index is 0.878. The van der Waals surface area contributed by atoms with Crippen LogP contribution in [0.4, 0.5) is 0 Å². The molecule has 0 aliphatic carbocycles. The Morgan fingerprint density at radius 1 is 1.11 bits per heavy atom. The third-order valence-corrected chi connectivity index (χ3v) is 10.3. The summed E-state index contributed by atoms with van der Waals surface area (Å²) in [5.74, 6) is 0. The molecule has 0 aromatic heterocycles.